The fourth-order valence-electron chi connectivity index (χ4n) is 1.86. The Hall–Kier alpha value is -2.63. The number of rotatable bonds is 3. The van der Waals surface area contributed by atoms with E-state index in [-0.39, 0.29) is 5.56 Å². The minimum Gasteiger partial charge on any atom is -0.465 e. The van der Waals surface area contributed by atoms with Crippen molar-refractivity contribution in [1.82, 2.24) is 4.57 Å². The number of aromatic nitrogens is 1. The molecule has 1 aromatic carbocycles. The largest absolute Gasteiger partial charge is 0.465 e. The molecule has 0 N–H and O–H groups in total. The third kappa shape index (κ3) is 2.94. The molecule has 0 bridgehead atoms. The fourth-order valence-corrected chi connectivity index (χ4v) is 1.86. The SMILES string of the molecule is COC(=O)c1cc(N(C)C)cn(-c2ccc(F)cc2)c1=O. The van der Waals surface area contributed by atoms with Crippen molar-refractivity contribution in [2.45, 2.75) is 0 Å². The Balaban J connectivity index is 2.69. The summed E-state index contributed by atoms with van der Waals surface area (Å²) in [6, 6.07) is 6.91. The van der Waals surface area contributed by atoms with E-state index in [1.54, 1.807) is 25.2 Å². The number of hydrogen-bond acceptors (Lipinski definition) is 4. The van der Waals surface area contributed by atoms with E-state index in [0.717, 1.165) is 0 Å². The molecule has 0 radical (unpaired) electrons. The minimum atomic E-state index is -0.709. The van der Waals surface area contributed by atoms with Gasteiger partial charge in [-0.3, -0.25) is 9.36 Å². The number of nitrogens with zero attached hydrogens (tertiary/aromatic N) is 2. The monoisotopic (exact) mass is 290 g/mol. The lowest BCUT2D eigenvalue weighted by Crippen LogP contribution is -2.27. The van der Waals surface area contributed by atoms with Crippen molar-refractivity contribution >= 4 is 11.7 Å². The molecule has 6 heteroatoms. The zero-order valence-corrected chi connectivity index (χ0v) is 12.0. The summed E-state index contributed by atoms with van der Waals surface area (Å²) in [4.78, 5) is 25.9. The summed E-state index contributed by atoms with van der Waals surface area (Å²) in [5.41, 5.74) is 0.529. The van der Waals surface area contributed by atoms with Crippen molar-refractivity contribution in [3.63, 3.8) is 0 Å². The first-order valence-electron chi connectivity index (χ1n) is 6.22. The summed E-state index contributed by atoms with van der Waals surface area (Å²) in [5, 5.41) is 0. The maximum atomic E-state index is 13.0. The third-order valence-corrected chi connectivity index (χ3v) is 3.03. The zero-order chi connectivity index (χ0) is 15.6. The first kappa shape index (κ1) is 14.8. The second-order valence-corrected chi connectivity index (χ2v) is 4.65. The van der Waals surface area contributed by atoms with Crippen LogP contribution < -0.4 is 10.5 Å². The maximum Gasteiger partial charge on any atom is 0.343 e. The zero-order valence-electron chi connectivity index (χ0n) is 12.0. The number of carbonyl (C=O) groups excluding carboxylic acids is 1. The van der Waals surface area contributed by atoms with E-state index in [1.165, 1.54) is 42.0 Å². The Bertz CT molecular complexity index is 721. The van der Waals surface area contributed by atoms with E-state index in [1.807, 2.05) is 0 Å². The molecule has 1 aromatic heterocycles. The maximum absolute atomic E-state index is 13.0. The molecule has 0 unspecified atom stereocenters. The Morgan fingerprint density at radius 2 is 1.86 bits per heavy atom. The van der Waals surface area contributed by atoms with Gasteiger partial charge < -0.3 is 9.64 Å². The highest BCUT2D eigenvalue weighted by Gasteiger charge is 2.16. The molecule has 0 amide bonds. The van der Waals surface area contributed by atoms with Crippen LogP contribution in [0, 0.1) is 5.82 Å². The summed E-state index contributed by atoms with van der Waals surface area (Å²) in [6.07, 6.45) is 1.59. The molecular weight excluding hydrogens is 275 g/mol. The van der Waals surface area contributed by atoms with Crippen molar-refractivity contribution in [2.24, 2.45) is 0 Å². The fraction of sp³-hybridized carbons (Fsp3) is 0.200. The number of esters is 1. The van der Waals surface area contributed by atoms with Gasteiger partial charge in [0.2, 0.25) is 0 Å². The summed E-state index contributed by atoms with van der Waals surface area (Å²) >= 11 is 0. The van der Waals surface area contributed by atoms with Gasteiger partial charge in [0.15, 0.2) is 0 Å². The number of halogens is 1. The summed E-state index contributed by atoms with van der Waals surface area (Å²) in [7, 11) is 4.79. The summed E-state index contributed by atoms with van der Waals surface area (Å²) < 4.78 is 18.9. The van der Waals surface area contributed by atoms with E-state index in [4.69, 9.17) is 0 Å². The predicted molar refractivity (Wildman–Crippen MR) is 77.7 cm³/mol. The van der Waals surface area contributed by atoms with Crippen molar-refractivity contribution in [2.75, 3.05) is 26.1 Å². The molecule has 110 valence electrons. The molecule has 2 rings (SSSR count). The quantitative estimate of drug-likeness (QED) is 0.809. The topological polar surface area (TPSA) is 51.5 Å². The first-order chi connectivity index (χ1) is 9.93. The third-order valence-electron chi connectivity index (χ3n) is 3.03. The Kier molecular flexibility index (Phi) is 4.07. The Labute approximate surface area is 121 Å². The van der Waals surface area contributed by atoms with Crippen LogP contribution in [-0.4, -0.2) is 31.7 Å². The van der Waals surface area contributed by atoms with Crippen LogP contribution in [0.1, 0.15) is 10.4 Å². The summed E-state index contributed by atoms with van der Waals surface area (Å²) in [5.74, 6) is -1.11. The van der Waals surface area contributed by atoms with E-state index < -0.39 is 17.3 Å². The van der Waals surface area contributed by atoms with Crippen molar-refractivity contribution in [3.8, 4) is 5.69 Å². The predicted octanol–water partition coefficient (Wildman–Crippen LogP) is 1.83. The molecule has 0 aliphatic carbocycles. The standard InChI is InChI=1S/C15H15FN2O3/c1-17(2)12-8-13(15(20)21-3)14(19)18(9-12)11-6-4-10(16)5-7-11/h4-9H,1-3H3. The van der Waals surface area contributed by atoms with Crippen LogP contribution in [0.3, 0.4) is 0 Å². The van der Waals surface area contributed by atoms with Gasteiger partial charge in [0, 0.05) is 26.0 Å². The van der Waals surface area contributed by atoms with E-state index >= 15 is 0 Å². The average molecular weight is 290 g/mol. The first-order valence-corrected chi connectivity index (χ1v) is 6.22. The van der Waals surface area contributed by atoms with E-state index in [9.17, 15) is 14.0 Å². The number of hydrogen-bond donors (Lipinski definition) is 0. The van der Waals surface area contributed by atoms with Gasteiger partial charge in [0.25, 0.3) is 5.56 Å². The van der Waals surface area contributed by atoms with Crippen molar-refractivity contribution in [1.29, 1.82) is 0 Å². The molecule has 0 atom stereocenters. The number of anilines is 1. The van der Waals surface area contributed by atoms with Crippen LogP contribution in [0.4, 0.5) is 10.1 Å². The molecular formula is C15H15FN2O3. The average Bonchev–Trinajstić information content (AvgIpc) is 2.47. The van der Waals surface area contributed by atoms with E-state index in [0.29, 0.717) is 11.4 Å². The molecule has 0 aliphatic rings. The van der Waals surface area contributed by atoms with Gasteiger partial charge >= 0.3 is 5.97 Å². The smallest absolute Gasteiger partial charge is 0.343 e. The Morgan fingerprint density at radius 1 is 1.24 bits per heavy atom. The second-order valence-electron chi connectivity index (χ2n) is 4.65. The minimum absolute atomic E-state index is 0.0759. The van der Waals surface area contributed by atoms with Crippen molar-refractivity contribution < 1.29 is 13.9 Å². The number of pyridine rings is 1. The lowest BCUT2D eigenvalue weighted by atomic mass is 10.2. The van der Waals surface area contributed by atoms with Gasteiger partial charge in [0.1, 0.15) is 11.4 Å². The highest BCUT2D eigenvalue weighted by Crippen LogP contribution is 2.15. The van der Waals surface area contributed by atoms with Gasteiger partial charge in [-0.1, -0.05) is 0 Å². The van der Waals surface area contributed by atoms with Crippen LogP contribution in [0.25, 0.3) is 5.69 Å². The molecule has 21 heavy (non-hydrogen) atoms. The summed E-state index contributed by atoms with van der Waals surface area (Å²) in [6.45, 7) is 0. The van der Waals surface area contributed by atoms with Crippen LogP contribution in [0.2, 0.25) is 0 Å². The molecule has 0 spiro atoms. The lowest BCUT2D eigenvalue weighted by Gasteiger charge is -2.16. The lowest BCUT2D eigenvalue weighted by molar-refractivity contribution is 0.0598. The van der Waals surface area contributed by atoms with Crippen LogP contribution in [0.5, 0.6) is 0 Å². The number of benzene rings is 1. The molecule has 0 saturated carbocycles. The molecule has 1 heterocycles. The molecule has 0 aliphatic heterocycles. The number of carbonyl (C=O) groups is 1. The highest BCUT2D eigenvalue weighted by atomic mass is 19.1. The molecule has 2 aromatic rings. The van der Waals surface area contributed by atoms with Gasteiger partial charge in [-0.05, 0) is 30.3 Å². The van der Waals surface area contributed by atoms with Gasteiger partial charge in [-0.25, -0.2) is 9.18 Å². The second kappa shape index (κ2) is 5.78. The number of methoxy groups -OCH3 is 1. The normalized spacial score (nSPS) is 10.3. The molecule has 0 fully saturated rings. The van der Waals surface area contributed by atoms with E-state index in [2.05, 4.69) is 4.74 Å². The Morgan fingerprint density at radius 3 is 2.38 bits per heavy atom. The number of ether oxygens (including phenoxy) is 1. The van der Waals surface area contributed by atoms with Crippen LogP contribution in [0.15, 0.2) is 41.3 Å². The molecule has 0 saturated heterocycles. The van der Waals surface area contributed by atoms with Gasteiger partial charge in [-0.15, -0.1) is 0 Å². The highest BCUT2D eigenvalue weighted by molar-refractivity contribution is 5.90. The van der Waals surface area contributed by atoms with Crippen LogP contribution >= 0.6 is 0 Å². The van der Waals surface area contributed by atoms with Gasteiger partial charge in [0.05, 0.1) is 12.8 Å². The van der Waals surface area contributed by atoms with Crippen LogP contribution in [-0.2, 0) is 4.74 Å². The molecule has 5 nitrogen and oxygen atoms in total. The van der Waals surface area contributed by atoms with Crippen molar-refractivity contribution in [3.05, 3.63) is 58.3 Å². The van der Waals surface area contributed by atoms with Gasteiger partial charge in [-0.2, -0.15) is 0 Å².